The van der Waals surface area contributed by atoms with Crippen LogP contribution in [0.15, 0.2) is 87.8 Å². The predicted molar refractivity (Wildman–Crippen MR) is 131 cm³/mol. The van der Waals surface area contributed by atoms with Crippen molar-refractivity contribution in [1.82, 2.24) is 4.90 Å². The molecule has 1 heterocycles. The number of piperidine rings is 1. The van der Waals surface area contributed by atoms with Gasteiger partial charge in [-0.1, -0.05) is 86.5 Å². The minimum Gasteiger partial charge on any atom is -0.384 e. The number of hydrogen-bond donors (Lipinski definition) is 1. The molecule has 0 saturated carbocycles. The van der Waals surface area contributed by atoms with Gasteiger partial charge in [-0.3, -0.25) is 4.79 Å². The van der Waals surface area contributed by atoms with Crippen molar-refractivity contribution in [1.29, 1.82) is 0 Å². The highest BCUT2D eigenvalue weighted by atomic mass is 79.9. The molecular weight excluding hydrogens is 518 g/mol. The summed E-state index contributed by atoms with van der Waals surface area (Å²) in [5.41, 5.74) is 1.53. The average Bonchev–Trinajstić information content (AvgIpc) is 2.79. The summed E-state index contributed by atoms with van der Waals surface area (Å²) in [5, 5.41) is 11.8. The van der Waals surface area contributed by atoms with Gasteiger partial charge in [-0.25, -0.2) is 0 Å². The Bertz CT molecular complexity index is 1020. The third kappa shape index (κ3) is 5.17. The largest absolute Gasteiger partial charge is 0.384 e. The number of carbonyl (C=O) groups is 1. The van der Waals surface area contributed by atoms with E-state index in [0.29, 0.717) is 18.5 Å². The van der Waals surface area contributed by atoms with Crippen LogP contribution in [0, 0.1) is 5.92 Å². The average molecular weight is 543 g/mol. The van der Waals surface area contributed by atoms with Gasteiger partial charge in [0.25, 0.3) is 0 Å². The maximum Gasteiger partial charge on any atom is 0.170 e. The second kappa shape index (κ2) is 9.78. The van der Waals surface area contributed by atoms with Crippen LogP contribution in [0.25, 0.3) is 0 Å². The van der Waals surface area contributed by atoms with Gasteiger partial charge in [-0.05, 0) is 48.2 Å². The lowest BCUT2D eigenvalue weighted by Gasteiger charge is -2.44. The van der Waals surface area contributed by atoms with E-state index in [-0.39, 0.29) is 5.78 Å². The molecule has 0 amide bonds. The molecule has 160 valence electrons. The van der Waals surface area contributed by atoms with Gasteiger partial charge in [0.1, 0.15) is 5.60 Å². The normalized spacial score (nSPS) is 21.7. The summed E-state index contributed by atoms with van der Waals surface area (Å²) >= 11 is 6.90. The predicted octanol–water partition coefficient (Wildman–Crippen LogP) is 5.85. The zero-order valence-electron chi connectivity index (χ0n) is 17.2. The number of hydrogen-bond acceptors (Lipinski definition) is 3. The van der Waals surface area contributed by atoms with Crippen LogP contribution in [-0.4, -0.2) is 35.4 Å². The lowest BCUT2D eigenvalue weighted by molar-refractivity contribution is -0.0639. The zero-order chi connectivity index (χ0) is 21.8. The molecule has 1 aliphatic heterocycles. The van der Waals surface area contributed by atoms with Crippen molar-refractivity contribution in [2.45, 2.75) is 18.4 Å². The fourth-order valence-corrected chi connectivity index (χ4v) is 4.87. The van der Waals surface area contributed by atoms with Crippen molar-refractivity contribution in [3.05, 3.63) is 104 Å². The Labute approximate surface area is 200 Å². The van der Waals surface area contributed by atoms with E-state index in [0.717, 1.165) is 34.0 Å². The molecule has 0 bridgehead atoms. The van der Waals surface area contributed by atoms with Gasteiger partial charge in [0.2, 0.25) is 0 Å². The van der Waals surface area contributed by atoms with Gasteiger partial charge in [0, 0.05) is 34.1 Å². The molecule has 1 fully saturated rings. The van der Waals surface area contributed by atoms with Crippen molar-refractivity contribution in [3.8, 4) is 0 Å². The molecule has 1 saturated heterocycles. The highest BCUT2D eigenvalue weighted by Crippen LogP contribution is 2.40. The Morgan fingerprint density at radius 2 is 1.55 bits per heavy atom. The summed E-state index contributed by atoms with van der Waals surface area (Å²) in [5.74, 6) is -0.540. The van der Waals surface area contributed by atoms with E-state index in [1.807, 2.05) is 54.6 Å². The van der Waals surface area contributed by atoms with E-state index >= 15 is 0 Å². The van der Waals surface area contributed by atoms with Gasteiger partial charge in [-0.2, -0.15) is 0 Å². The quantitative estimate of drug-likeness (QED) is 0.397. The number of halogens is 2. The van der Waals surface area contributed by atoms with Crippen molar-refractivity contribution in [3.63, 3.8) is 0 Å². The summed E-state index contributed by atoms with van der Waals surface area (Å²) in [6.45, 7) is 2.16. The van der Waals surface area contributed by atoms with E-state index in [1.54, 1.807) is 0 Å². The lowest BCUT2D eigenvalue weighted by Crippen LogP contribution is -2.53. The molecule has 0 radical (unpaired) electrons. The van der Waals surface area contributed by atoms with Crippen molar-refractivity contribution in [2.75, 3.05) is 19.6 Å². The smallest absolute Gasteiger partial charge is 0.170 e. The van der Waals surface area contributed by atoms with Gasteiger partial charge < -0.3 is 10.0 Å². The number of Topliss-reactive ketones (excluding diaryl/α,β-unsaturated/α-hetero) is 1. The lowest BCUT2D eigenvalue weighted by atomic mass is 9.72. The molecule has 5 heteroatoms. The topological polar surface area (TPSA) is 40.5 Å². The first-order valence-electron chi connectivity index (χ1n) is 10.5. The maximum absolute atomic E-state index is 13.6. The molecule has 1 aliphatic rings. The molecule has 0 spiro atoms. The SMILES string of the molecule is O=C(c1ccc(Br)cc1)[C@@H]1CN(CCc2ccccc2)CC[C@@]1(O)c1ccc(Br)cc1. The third-order valence-electron chi connectivity index (χ3n) is 6.18. The summed E-state index contributed by atoms with van der Waals surface area (Å²) in [4.78, 5) is 15.9. The van der Waals surface area contributed by atoms with Crippen LogP contribution < -0.4 is 0 Å². The molecule has 3 nitrogen and oxygen atoms in total. The number of benzene rings is 3. The molecule has 31 heavy (non-hydrogen) atoms. The highest BCUT2D eigenvalue weighted by Gasteiger charge is 2.46. The Kier molecular flexibility index (Phi) is 7.07. The Morgan fingerprint density at radius 3 is 2.19 bits per heavy atom. The van der Waals surface area contributed by atoms with Gasteiger partial charge in [0.05, 0.1) is 5.92 Å². The summed E-state index contributed by atoms with van der Waals surface area (Å²) in [7, 11) is 0. The molecule has 1 N–H and O–H groups in total. The minimum atomic E-state index is -1.19. The number of rotatable bonds is 6. The van der Waals surface area contributed by atoms with Crippen LogP contribution in [-0.2, 0) is 12.0 Å². The standard InChI is InChI=1S/C26H25Br2NO2/c27-22-10-6-20(7-11-22)25(30)24-18-29(16-14-19-4-2-1-3-5-19)17-15-26(24,31)21-8-12-23(28)13-9-21/h1-13,24,31H,14-18H2/t24-,26+/m0/s1. The fraction of sp³-hybridized carbons (Fsp3) is 0.269. The van der Waals surface area contributed by atoms with Crippen molar-refractivity contribution in [2.24, 2.45) is 5.92 Å². The molecule has 0 unspecified atom stereocenters. The Morgan fingerprint density at radius 1 is 0.935 bits per heavy atom. The van der Waals surface area contributed by atoms with E-state index in [1.165, 1.54) is 5.56 Å². The van der Waals surface area contributed by atoms with E-state index in [2.05, 4.69) is 61.0 Å². The molecule has 4 rings (SSSR count). The number of carbonyl (C=O) groups excluding carboxylic acids is 1. The number of aliphatic hydroxyl groups is 1. The van der Waals surface area contributed by atoms with Crippen LogP contribution in [0.2, 0.25) is 0 Å². The molecule has 2 atom stereocenters. The van der Waals surface area contributed by atoms with Crippen molar-refractivity contribution >= 4 is 37.6 Å². The minimum absolute atomic E-state index is 0.0117. The number of ketones is 1. The van der Waals surface area contributed by atoms with E-state index < -0.39 is 11.5 Å². The monoisotopic (exact) mass is 541 g/mol. The molecule has 0 aromatic heterocycles. The van der Waals surface area contributed by atoms with Crippen LogP contribution in [0.5, 0.6) is 0 Å². The molecular formula is C26H25Br2NO2. The highest BCUT2D eigenvalue weighted by molar-refractivity contribution is 9.10. The number of likely N-dealkylation sites (tertiary alicyclic amines) is 1. The van der Waals surface area contributed by atoms with Crippen molar-refractivity contribution < 1.29 is 9.90 Å². The van der Waals surface area contributed by atoms with Gasteiger partial charge >= 0.3 is 0 Å². The maximum atomic E-state index is 13.6. The molecule has 3 aromatic carbocycles. The van der Waals surface area contributed by atoms with E-state index in [4.69, 9.17) is 0 Å². The van der Waals surface area contributed by atoms with Crippen LogP contribution >= 0.6 is 31.9 Å². The first kappa shape index (κ1) is 22.4. The van der Waals surface area contributed by atoms with Crippen LogP contribution in [0.3, 0.4) is 0 Å². The Hall–Kier alpha value is -1.79. The zero-order valence-corrected chi connectivity index (χ0v) is 20.3. The van der Waals surface area contributed by atoms with Crippen LogP contribution in [0.4, 0.5) is 0 Å². The van der Waals surface area contributed by atoms with Gasteiger partial charge in [-0.15, -0.1) is 0 Å². The third-order valence-corrected chi connectivity index (χ3v) is 7.23. The summed E-state index contributed by atoms with van der Waals surface area (Å²) in [6.07, 6.45) is 1.45. The second-order valence-corrected chi connectivity index (χ2v) is 9.97. The molecule has 3 aromatic rings. The van der Waals surface area contributed by atoms with Gasteiger partial charge in [0.15, 0.2) is 5.78 Å². The first-order valence-corrected chi connectivity index (χ1v) is 12.1. The second-order valence-electron chi connectivity index (χ2n) is 8.14. The molecule has 0 aliphatic carbocycles. The summed E-state index contributed by atoms with van der Waals surface area (Å²) < 4.78 is 1.89. The first-order chi connectivity index (χ1) is 15.0. The number of nitrogens with zero attached hydrogens (tertiary/aromatic N) is 1. The Balaban J connectivity index is 1.60. The fourth-order valence-electron chi connectivity index (χ4n) is 4.34. The van der Waals surface area contributed by atoms with E-state index in [9.17, 15) is 9.90 Å². The van der Waals surface area contributed by atoms with Crippen LogP contribution in [0.1, 0.15) is 27.9 Å². The summed E-state index contributed by atoms with van der Waals surface area (Å²) in [6, 6.07) is 25.5.